The molecule has 0 spiro atoms. The smallest absolute Gasteiger partial charge is 0.246 e. The second kappa shape index (κ2) is 6.49. The minimum absolute atomic E-state index is 0.0892. The van der Waals surface area contributed by atoms with Gasteiger partial charge in [-0.1, -0.05) is 11.6 Å². The molecule has 6 heteroatoms. The largest absolute Gasteiger partial charge is 0.338 e. The Kier molecular flexibility index (Phi) is 4.03. The number of fused-ring (bicyclic) bond motifs is 1. The molecule has 4 rings (SSSR count). The van der Waals surface area contributed by atoms with E-state index in [9.17, 15) is 4.79 Å². The molecule has 0 bridgehead atoms. The number of thiazole rings is 1. The van der Waals surface area contributed by atoms with Crippen molar-refractivity contribution < 1.29 is 4.79 Å². The Morgan fingerprint density at radius 2 is 2.04 bits per heavy atom. The Balaban J connectivity index is 1.48. The number of nitrogens with zero attached hydrogens (tertiary/aromatic N) is 3. The molecule has 0 radical (unpaired) electrons. The Morgan fingerprint density at radius 3 is 2.88 bits per heavy atom. The van der Waals surface area contributed by atoms with Gasteiger partial charge >= 0.3 is 0 Å². The minimum atomic E-state index is -0.0892. The average molecular weight is 348 g/mol. The van der Waals surface area contributed by atoms with Gasteiger partial charge in [-0.15, -0.1) is 11.3 Å². The van der Waals surface area contributed by atoms with E-state index in [1.807, 2.05) is 40.4 Å². The summed E-state index contributed by atoms with van der Waals surface area (Å²) in [4.78, 5) is 20.8. The van der Waals surface area contributed by atoms with Crippen LogP contribution in [0.3, 0.4) is 0 Å². The van der Waals surface area contributed by atoms with Crippen LogP contribution in [0.25, 0.3) is 22.2 Å². The molecule has 4 aromatic rings. The van der Waals surface area contributed by atoms with Gasteiger partial charge in [0, 0.05) is 35.1 Å². The number of carbonyl (C=O) groups is 1. The van der Waals surface area contributed by atoms with E-state index in [4.69, 9.17) is 0 Å². The fraction of sp³-hybridized carbons (Fsp3) is 0.105. The maximum atomic E-state index is 12.4. The second-order valence-electron chi connectivity index (χ2n) is 5.83. The van der Waals surface area contributed by atoms with Gasteiger partial charge < -0.3 is 9.88 Å². The highest BCUT2D eigenvalue weighted by molar-refractivity contribution is 7.14. The van der Waals surface area contributed by atoms with Crippen LogP contribution in [0.5, 0.6) is 0 Å². The molecule has 1 amide bonds. The summed E-state index contributed by atoms with van der Waals surface area (Å²) in [5.41, 5.74) is 4.08. The first kappa shape index (κ1) is 15.5. The van der Waals surface area contributed by atoms with E-state index < -0.39 is 0 Å². The number of nitrogens with one attached hydrogen (secondary N) is 1. The minimum Gasteiger partial charge on any atom is -0.338 e. The molecular formula is C19H16N4OS. The number of hydrogen-bond donors (Lipinski definition) is 1. The molecule has 0 fully saturated rings. The molecule has 1 N–H and O–H groups in total. The van der Waals surface area contributed by atoms with Gasteiger partial charge in [0.1, 0.15) is 6.54 Å². The van der Waals surface area contributed by atoms with Crippen LogP contribution >= 0.6 is 11.3 Å². The van der Waals surface area contributed by atoms with Crippen LogP contribution in [0.2, 0.25) is 0 Å². The van der Waals surface area contributed by atoms with Crippen LogP contribution in [-0.2, 0) is 11.3 Å². The van der Waals surface area contributed by atoms with Crippen molar-refractivity contribution in [2.24, 2.45) is 0 Å². The number of aromatic nitrogens is 3. The van der Waals surface area contributed by atoms with Gasteiger partial charge in [0.15, 0.2) is 5.13 Å². The van der Waals surface area contributed by atoms with E-state index in [0.717, 1.165) is 22.2 Å². The molecule has 0 aliphatic rings. The number of carbonyl (C=O) groups excluding carboxylic acids is 1. The lowest BCUT2D eigenvalue weighted by molar-refractivity contribution is -0.116. The van der Waals surface area contributed by atoms with Crippen molar-refractivity contribution >= 4 is 33.3 Å². The Bertz CT molecular complexity index is 1040. The van der Waals surface area contributed by atoms with Gasteiger partial charge in [0.2, 0.25) is 5.91 Å². The maximum Gasteiger partial charge on any atom is 0.246 e. The lowest BCUT2D eigenvalue weighted by atomic mass is 10.2. The Hall–Kier alpha value is -2.99. The first-order valence-electron chi connectivity index (χ1n) is 7.90. The highest BCUT2D eigenvalue weighted by atomic mass is 32.1. The number of rotatable bonds is 4. The van der Waals surface area contributed by atoms with Crippen molar-refractivity contribution in [1.29, 1.82) is 0 Å². The van der Waals surface area contributed by atoms with Crippen molar-refractivity contribution in [2.75, 3.05) is 5.32 Å². The summed E-state index contributed by atoms with van der Waals surface area (Å²) in [7, 11) is 0. The van der Waals surface area contributed by atoms with Gasteiger partial charge in [0.05, 0.1) is 5.69 Å². The van der Waals surface area contributed by atoms with E-state index in [-0.39, 0.29) is 12.5 Å². The SMILES string of the molecule is Cc1ccc2c(ccn2CC(=O)Nc2nc(-c3ccncc3)cs2)c1. The molecule has 0 unspecified atom stereocenters. The molecule has 124 valence electrons. The van der Waals surface area contributed by atoms with Gasteiger partial charge in [-0.25, -0.2) is 4.98 Å². The third kappa shape index (κ3) is 3.29. The first-order valence-corrected chi connectivity index (χ1v) is 8.78. The average Bonchev–Trinajstić information content (AvgIpc) is 3.23. The maximum absolute atomic E-state index is 12.4. The van der Waals surface area contributed by atoms with E-state index in [2.05, 4.69) is 34.3 Å². The summed E-state index contributed by atoms with van der Waals surface area (Å²) >= 11 is 1.42. The van der Waals surface area contributed by atoms with E-state index in [1.54, 1.807) is 12.4 Å². The molecular weight excluding hydrogens is 332 g/mol. The first-order chi connectivity index (χ1) is 12.2. The summed E-state index contributed by atoms with van der Waals surface area (Å²) in [5, 5.41) is 6.55. The van der Waals surface area contributed by atoms with Crippen molar-refractivity contribution in [3.8, 4) is 11.3 Å². The number of hydrogen-bond acceptors (Lipinski definition) is 4. The van der Waals surface area contributed by atoms with Crippen molar-refractivity contribution in [3.05, 3.63) is 65.9 Å². The highest BCUT2D eigenvalue weighted by Gasteiger charge is 2.10. The summed E-state index contributed by atoms with van der Waals surface area (Å²) < 4.78 is 1.95. The highest BCUT2D eigenvalue weighted by Crippen LogP contribution is 2.24. The van der Waals surface area contributed by atoms with Gasteiger partial charge in [0.25, 0.3) is 0 Å². The molecule has 3 heterocycles. The standard InChI is InChI=1S/C19H16N4OS/c1-13-2-3-17-15(10-13)6-9-23(17)11-18(24)22-19-21-16(12-25-19)14-4-7-20-8-5-14/h2-10,12H,11H2,1H3,(H,21,22,24). The van der Waals surface area contributed by atoms with Gasteiger partial charge in [-0.2, -0.15) is 0 Å². The molecule has 3 aromatic heterocycles. The third-order valence-corrected chi connectivity index (χ3v) is 4.72. The number of amides is 1. The van der Waals surface area contributed by atoms with Crippen molar-refractivity contribution in [1.82, 2.24) is 14.5 Å². The second-order valence-corrected chi connectivity index (χ2v) is 6.69. The predicted molar refractivity (Wildman–Crippen MR) is 101 cm³/mol. The zero-order chi connectivity index (χ0) is 17.2. The van der Waals surface area contributed by atoms with Gasteiger partial charge in [-0.3, -0.25) is 9.78 Å². The van der Waals surface area contributed by atoms with Crippen LogP contribution in [-0.4, -0.2) is 20.4 Å². The fourth-order valence-corrected chi connectivity index (χ4v) is 3.49. The molecule has 1 aromatic carbocycles. The van der Waals surface area contributed by atoms with Crippen LogP contribution in [0.15, 0.2) is 60.4 Å². The summed E-state index contributed by atoms with van der Waals surface area (Å²) in [6.07, 6.45) is 5.39. The quantitative estimate of drug-likeness (QED) is 0.604. The van der Waals surface area contributed by atoms with Crippen molar-refractivity contribution in [2.45, 2.75) is 13.5 Å². The fourth-order valence-electron chi connectivity index (χ4n) is 2.76. The third-order valence-electron chi connectivity index (χ3n) is 3.97. The number of anilines is 1. The summed E-state index contributed by atoms with van der Waals surface area (Å²) in [6.45, 7) is 2.32. The lowest BCUT2D eigenvalue weighted by Crippen LogP contribution is -2.18. The van der Waals surface area contributed by atoms with Gasteiger partial charge in [-0.05, 0) is 42.6 Å². The summed E-state index contributed by atoms with van der Waals surface area (Å²) in [6, 6.07) is 12.0. The monoisotopic (exact) mass is 348 g/mol. The summed E-state index contributed by atoms with van der Waals surface area (Å²) in [5.74, 6) is -0.0892. The zero-order valence-electron chi connectivity index (χ0n) is 13.6. The normalized spacial score (nSPS) is 10.9. The molecule has 0 aliphatic heterocycles. The Labute approximate surface area is 149 Å². The van der Waals surface area contributed by atoms with Crippen LogP contribution in [0.4, 0.5) is 5.13 Å². The Morgan fingerprint density at radius 1 is 1.20 bits per heavy atom. The number of benzene rings is 1. The lowest BCUT2D eigenvalue weighted by Gasteiger charge is -2.05. The zero-order valence-corrected chi connectivity index (χ0v) is 14.5. The molecule has 0 saturated carbocycles. The molecule has 0 aliphatic carbocycles. The molecule has 25 heavy (non-hydrogen) atoms. The van der Waals surface area contributed by atoms with E-state index in [0.29, 0.717) is 5.13 Å². The molecule has 0 saturated heterocycles. The molecule has 5 nitrogen and oxygen atoms in total. The van der Waals surface area contributed by atoms with E-state index >= 15 is 0 Å². The van der Waals surface area contributed by atoms with Crippen LogP contribution in [0, 0.1) is 6.92 Å². The van der Waals surface area contributed by atoms with Crippen LogP contribution in [0.1, 0.15) is 5.56 Å². The predicted octanol–water partition coefficient (Wildman–Crippen LogP) is 4.11. The van der Waals surface area contributed by atoms with Crippen LogP contribution < -0.4 is 5.32 Å². The molecule has 0 atom stereocenters. The van der Waals surface area contributed by atoms with Crippen molar-refractivity contribution in [3.63, 3.8) is 0 Å². The topological polar surface area (TPSA) is 59.8 Å². The number of aryl methyl sites for hydroxylation is 1. The number of pyridine rings is 1. The van der Waals surface area contributed by atoms with E-state index in [1.165, 1.54) is 16.9 Å².